The Bertz CT molecular complexity index is 1820. The zero-order chi connectivity index (χ0) is 31.8. The molecule has 14 heteroatoms. The third-order valence-corrected chi connectivity index (χ3v) is 8.61. The highest BCUT2D eigenvalue weighted by atomic mass is 16.7. The van der Waals surface area contributed by atoms with Crippen molar-refractivity contribution in [3.63, 3.8) is 0 Å². The maximum atomic E-state index is 13.4. The third kappa shape index (κ3) is 5.56. The van der Waals surface area contributed by atoms with Crippen LogP contribution in [0.4, 0.5) is 17.2 Å². The lowest BCUT2D eigenvalue weighted by atomic mass is 10.1. The first kappa shape index (κ1) is 29.5. The van der Waals surface area contributed by atoms with Crippen molar-refractivity contribution >= 4 is 40.1 Å². The molecule has 3 aliphatic rings. The Hall–Kier alpha value is -5.21. The number of fused-ring (bicyclic) bond motifs is 2. The van der Waals surface area contributed by atoms with E-state index in [1.807, 2.05) is 28.9 Å². The van der Waals surface area contributed by atoms with Crippen molar-refractivity contribution < 1.29 is 23.9 Å². The van der Waals surface area contributed by atoms with Gasteiger partial charge in [-0.05, 0) is 50.2 Å². The van der Waals surface area contributed by atoms with E-state index in [9.17, 15) is 9.59 Å². The van der Waals surface area contributed by atoms with Gasteiger partial charge < -0.3 is 35.2 Å². The summed E-state index contributed by atoms with van der Waals surface area (Å²) in [4.78, 5) is 44.0. The molecule has 46 heavy (non-hydrogen) atoms. The number of nitrogens with zero attached hydrogens (tertiary/aromatic N) is 7. The predicted molar refractivity (Wildman–Crippen MR) is 172 cm³/mol. The number of hydrogen-bond acceptors (Lipinski definition) is 12. The second-order valence-electron chi connectivity index (χ2n) is 11.6. The van der Waals surface area contributed by atoms with Crippen molar-refractivity contribution in [2.24, 2.45) is 0 Å². The van der Waals surface area contributed by atoms with E-state index in [0.717, 1.165) is 50.8 Å². The predicted octanol–water partition coefficient (Wildman–Crippen LogP) is 3.09. The molecular weight excluding hydrogens is 590 g/mol. The monoisotopic (exact) mass is 625 g/mol. The first-order chi connectivity index (χ1) is 22.4. The molecule has 5 heterocycles. The molecule has 2 aromatic carbocycles. The van der Waals surface area contributed by atoms with Crippen LogP contribution < -0.4 is 25.4 Å². The molecule has 2 saturated heterocycles. The van der Waals surface area contributed by atoms with Crippen LogP contribution >= 0.6 is 0 Å². The van der Waals surface area contributed by atoms with Crippen molar-refractivity contribution in [1.82, 2.24) is 29.7 Å². The Labute approximate surface area is 265 Å². The number of piperidine rings is 1. The van der Waals surface area contributed by atoms with E-state index in [2.05, 4.69) is 38.7 Å². The van der Waals surface area contributed by atoms with Gasteiger partial charge in [0.05, 0.1) is 23.7 Å². The Balaban J connectivity index is 1.19. The Morgan fingerprint density at radius 1 is 1.09 bits per heavy atom. The van der Waals surface area contributed by atoms with Crippen LogP contribution in [0.3, 0.4) is 0 Å². The molecular formula is C32H35N9O5. The number of benzene rings is 2. The minimum Gasteiger partial charge on any atom is -0.453 e. The van der Waals surface area contributed by atoms with Crippen LogP contribution in [0.2, 0.25) is 0 Å². The normalized spacial score (nSPS) is 18.5. The number of piperazine rings is 1. The fraction of sp³-hybridized carbons (Fsp3) is 0.344. The van der Waals surface area contributed by atoms with E-state index >= 15 is 0 Å². The van der Waals surface area contributed by atoms with Crippen LogP contribution in [0.15, 0.2) is 55.4 Å². The highest BCUT2D eigenvalue weighted by Gasteiger charge is 2.31. The maximum absolute atomic E-state index is 13.4. The van der Waals surface area contributed by atoms with Crippen LogP contribution in [-0.4, -0.2) is 94.7 Å². The number of ether oxygens (including phenoxy) is 2. The number of likely N-dealkylation sites (N-methyl/N-ethyl adjacent to an activating group) is 1. The van der Waals surface area contributed by atoms with Crippen molar-refractivity contribution in [2.45, 2.75) is 18.9 Å². The number of anilines is 3. The molecule has 14 nitrogen and oxygen atoms in total. The van der Waals surface area contributed by atoms with Gasteiger partial charge in [-0.1, -0.05) is 12.6 Å². The molecule has 1 atom stereocenters. The summed E-state index contributed by atoms with van der Waals surface area (Å²) < 4.78 is 13.6. The number of carbonyl (C=O) groups is 2. The van der Waals surface area contributed by atoms with Gasteiger partial charge in [0, 0.05) is 55.6 Å². The number of nitrogens with two attached hydrogens (primary N) is 1. The van der Waals surface area contributed by atoms with E-state index in [-0.39, 0.29) is 24.6 Å². The number of hydrogen-bond donors (Lipinski definition) is 2. The molecule has 3 N–H and O–H groups in total. The molecule has 1 amide bonds. The highest BCUT2D eigenvalue weighted by molar-refractivity contribution is 6.07. The minimum absolute atomic E-state index is 0.0228. The van der Waals surface area contributed by atoms with Gasteiger partial charge in [-0.2, -0.15) is 5.10 Å². The second-order valence-corrected chi connectivity index (χ2v) is 11.6. The van der Waals surface area contributed by atoms with Gasteiger partial charge in [-0.15, -0.1) is 5.06 Å². The van der Waals surface area contributed by atoms with Gasteiger partial charge >= 0.3 is 5.97 Å². The quantitative estimate of drug-likeness (QED) is 0.290. The summed E-state index contributed by atoms with van der Waals surface area (Å²) in [6.07, 6.45) is 4.12. The standard InChI is InChI=1S/C32H35N9O5/c1-3-25(42)46-40-11-5-8-22(17-40)41-31-26(30(33)34-18-35-31)27(37-41)23-9-10-24(29-28(23)44-19-45-29)36-32(43)20-6-4-7-21(16-20)39-14-12-38(2)13-15-39/h3-4,6-7,9-10,16,18,22H,1,5,8,11-15,17,19H2,2H3,(H,36,43)(H2,33,34,35)/t22-/m1/s1. The van der Waals surface area contributed by atoms with Crippen molar-refractivity contribution in [1.29, 1.82) is 0 Å². The summed E-state index contributed by atoms with van der Waals surface area (Å²) in [7, 11) is 2.11. The summed E-state index contributed by atoms with van der Waals surface area (Å²) in [5.41, 5.74) is 10.1. The molecule has 2 aromatic heterocycles. The lowest BCUT2D eigenvalue weighted by Gasteiger charge is -2.34. The summed E-state index contributed by atoms with van der Waals surface area (Å²) >= 11 is 0. The molecule has 4 aromatic rings. The van der Waals surface area contributed by atoms with Gasteiger partial charge in [0.25, 0.3) is 5.91 Å². The van der Waals surface area contributed by atoms with Gasteiger partial charge in [-0.25, -0.2) is 19.4 Å². The van der Waals surface area contributed by atoms with Crippen LogP contribution in [-0.2, 0) is 9.63 Å². The molecule has 3 aliphatic heterocycles. The summed E-state index contributed by atoms with van der Waals surface area (Å²) in [6, 6.07) is 11.1. The molecule has 0 bridgehead atoms. The first-order valence-electron chi connectivity index (χ1n) is 15.3. The van der Waals surface area contributed by atoms with Gasteiger partial charge in [0.15, 0.2) is 17.1 Å². The first-order valence-corrected chi connectivity index (χ1v) is 15.3. The zero-order valence-electron chi connectivity index (χ0n) is 25.5. The average molecular weight is 626 g/mol. The van der Waals surface area contributed by atoms with Crippen LogP contribution in [0.5, 0.6) is 11.5 Å². The largest absolute Gasteiger partial charge is 0.453 e. The van der Waals surface area contributed by atoms with Crippen molar-refractivity contribution in [2.75, 3.05) is 69.1 Å². The Kier molecular flexibility index (Phi) is 7.88. The molecule has 0 aliphatic carbocycles. The fourth-order valence-electron chi connectivity index (χ4n) is 6.19. The van der Waals surface area contributed by atoms with Gasteiger partial charge in [0.2, 0.25) is 6.79 Å². The second kappa shape index (κ2) is 12.3. The van der Waals surface area contributed by atoms with Crippen molar-refractivity contribution in [3.05, 3.63) is 60.9 Å². The lowest BCUT2D eigenvalue weighted by Crippen LogP contribution is -2.44. The Morgan fingerprint density at radius 3 is 2.74 bits per heavy atom. The fourth-order valence-corrected chi connectivity index (χ4v) is 6.19. The molecule has 7 rings (SSSR count). The SMILES string of the molecule is C=CC(=O)ON1CCC[C@@H](n2nc(-c3ccc(NC(=O)c4cccc(N5CCN(C)CC5)c4)c4c3OCO4)c3c(N)ncnc32)C1. The molecule has 0 unspecified atom stereocenters. The number of nitrogen functional groups attached to an aromatic ring is 1. The van der Waals surface area contributed by atoms with E-state index in [1.54, 1.807) is 17.2 Å². The number of rotatable bonds is 7. The van der Waals surface area contributed by atoms with E-state index in [4.69, 9.17) is 25.1 Å². The number of amides is 1. The van der Waals surface area contributed by atoms with Crippen molar-refractivity contribution in [3.8, 4) is 22.8 Å². The average Bonchev–Trinajstić information content (AvgIpc) is 3.72. The number of nitrogens with one attached hydrogen (secondary N) is 1. The van der Waals surface area contributed by atoms with E-state index in [1.165, 1.54) is 6.33 Å². The minimum atomic E-state index is -0.513. The third-order valence-electron chi connectivity index (χ3n) is 8.61. The molecule has 238 valence electrons. The topological polar surface area (TPSA) is 153 Å². The summed E-state index contributed by atoms with van der Waals surface area (Å²) in [5, 5.41) is 10.2. The maximum Gasteiger partial charge on any atom is 0.349 e. The molecule has 2 fully saturated rings. The van der Waals surface area contributed by atoms with E-state index in [0.29, 0.717) is 58.1 Å². The van der Waals surface area contributed by atoms with Gasteiger partial charge in [-0.3, -0.25) is 4.79 Å². The van der Waals surface area contributed by atoms with Crippen LogP contribution in [0.25, 0.3) is 22.3 Å². The molecule has 0 spiro atoms. The van der Waals surface area contributed by atoms with Crippen LogP contribution in [0.1, 0.15) is 29.2 Å². The highest BCUT2D eigenvalue weighted by Crippen LogP contribution is 2.48. The summed E-state index contributed by atoms with van der Waals surface area (Å²) in [6.45, 7) is 8.24. The number of aromatic nitrogens is 4. The lowest BCUT2D eigenvalue weighted by molar-refractivity contribution is -0.191. The number of carbonyl (C=O) groups excluding carboxylic acids is 2. The Morgan fingerprint density at radius 2 is 1.91 bits per heavy atom. The zero-order valence-corrected chi connectivity index (χ0v) is 25.5. The molecule has 0 radical (unpaired) electrons. The van der Waals surface area contributed by atoms with E-state index < -0.39 is 5.97 Å². The van der Waals surface area contributed by atoms with Gasteiger partial charge in [0.1, 0.15) is 17.8 Å². The molecule has 0 saturated carbocycles. The number of hydroxylamine groups is 2. The van der Waals surface area contributed by atoms with Crippen LogP contribution in [0, 0.1) is 0 Å². The summed E-state index contributed by atoms with van der Waals surface area (Å²) in [5.74, 6) is 0.333. The smallest absolute Gasteiger partial charge is 0.349 e.